The van der Waals surface area contributed by atoms with Crippen LogP contribution in [-0.4, -0.2) is 23.6 Å². The van der Waals surface area contributed by atoms with Crippen LogP contribution in [0.2, 0.25) is 0 Å². The second-order valence-electron chi connectivity index (χ2n) is 6.96. The van der Waals surface area contributed by atoms with E-state index in [2.05, 4.69) is 54.1 Å². The lowest BCUT2D eigenvalue weighted by atomic mass is 9.82. The van der Waals surface area contributed by atoms with Gasteiger partial charge in [0.25, 0.3) is 0 Å². The average Bonchev–Trinajstić information content (AvgIpc) is 3.29. The number of fused-ring (bicyclic) bond motifs is 1. The summed E-state index contributed by atoms with van der Waals surface area (Å²) in [6.45, 7) is 4.42. The predicted octanol–water partition coefficient (Wildman–Crippen LogP) is 5.41. The van der Waals surface area contributed by atoms with E-state index in [0.717, 1.165) is 33.4 Å². The summed E-state index contributed by atoms with van der Waals surface area (Å²) in [5.41, 5.74) is 4.15. The molecule has 138 valence electrons. The summed E-state index contributed by atoms with van der Waals surface area (Å²) in [4.78, 5) is 5.88. The second-order valence-corrected chi connectivity index (χ2v) is 7.79. The molecule has 0 amide bonds. The Morgan fingerprint density at radius 2 is 1.78 bits per heavy atom. The van der Waals surface area contributed by atoms with Crippen LogP contribution >= 0.6 is 11.3 Å². The minimum absolute atomic E-state index is 0.178. The van der Waals surface area contributed by atoms with Gasteiger partial charge in [-0.25, -0.2) is 4.98 Å². The van der Waals surface area contributed by atoms with Crippen molar-refractivity contribution in [2.24, 2.45) is 0 Å². The highest BCUT2D eigenvalue weighted by Crippen LogP contribution is 2.38. The van der Waals surface area contributed by atoms with E-state index in [1.165, 1.54) is 5.56 Å². The van der Waals surface area contributed by atoms with Crippen LogP contribution in [0.4, 0.5) is 0 Å². The Labute approximate surface area is 163 Å². The van der Waals surface area contributed by atoms with E-state index in [1.807, 2.05) is 24.3 Å². The van der Waals surface area contributed by atoms with Crippen LogP contribution in [0.15, 0.2) is 60.1 Å². The maximum atomic E-state index is 5.58. The van der Waals surface area contributed by atoms with Crippen molar-refractivity contribution < 1.29 is 9.47 Å². The summed E-state index contributed by atoms with van der Waals surface area (Å²) in [5, 5.41) is 2.11. The molecule has 2 heterocycles. The summed E-state index contributed by atoms with van der Waals surface area (Å²) >= 11 is 1.63. The van der Waals surface area contributed by atoms with E-state index in [1.54, 1.807) is 25.6 Å². The number of benzene rings is 2. The van der Waals surface area contributed by atoms with Gasteiger partial charge in [-0.3, -0.25) is 4.40 Å². The topological polar surface area (TPSA) is 35.8 Å². The molecule has 0 unspecified atom stereocenters. The van der Waals surface area contributed by atoms with Crippen molar-refractivity contribution in [2.75, 3.05) is 14.2 Å². The van der Waals surface area contributed by atoms with Crippen molar-refractivity contribution in [3.05, 3.63) is 71.4 Å². The molecule has 5 heteroatoms. The number of ether oxygens (including phenoxy) is 2. The number of rotatable bonds is 5. The molecule has 2 aromatic carbocycles. The summed E-state index contributed by atoms with van der Waals surface area (Å²) in [5.74, 6) is 1.61. The van der Waals surface area contributed by atoms with Crippen molar-refractivity contribution in [3.8, 4) is 22.8 Å². The molecular weight excluding hydrogens is 356 g/mol. The van der Waals surface area contributed by atoms with Gasteiger partial charge in [-0.15, -0.1) is 11.3 Å². The van der Waals surface area contributed by atoms with Crippen LogP contribution in [0, 0.1) is 0 Å². The van der Waals surface area contributed by atoms with E-state index >= 15 is 0 Å². The van der Waals surface area contributed by atoms with Crippen LogP contribution < -0.4 is 9.47 Å². The molecule has 0 aliphatic carbocycles. The first-order valence-electron chi connectivity index (χ1n) is 8.79. The van der Waals surface area contributed by atoms with Crippen molar-refractivity contribution in [2.45, 2.75) is 19.3 Å². The van der Waals surface area contributed by atoms with E-state index in [9.17, 15) is 0 Å². The van der Waals surface area contributed by atoms with Crippen molar-refractivity contribution in [3.63, 3.8) is 0 Å². The van der Waals surface area contributed by atoms with Gasteiger partial charge in [0.1, 0.15) is 11.5 Å². The highest BCUT2D eigenvalue weighted by Gasteiger charge is 2.27. The molecule has 4 rings (SSSR count). The third-order valence-electron chi connectivity index (χ3n) is 5.03. The van der Waals surface area contributed by atoms with Crippen LogP contribution in [0.1, 0.15) is 25.1 Å². The lowest BCUT2D eigenvalue weighted by Gasteiger charge is -2.22. The fourth-order valence-corrected chi connectivity index (χ4v) is 4.17. The Hall–Kier alpha value is -2.79. The molecule has 0 bridgehead atoms. The van der Waals surface area contributed by atoms with Gasteiger partial charge in [0.15, 0.2) is 4.96 Å². The highest BCUT2D eigenvalue weighted by molar-refractivity contribution is 7.15. The largest absolute Gasteiger partial charge is 0.497 e. The summed E-state index contributed by atoms with van der Waals surface area (Å²) in [6.07, 6.45) is 2.13. The maximum Gasteiger partial charge on any atom is 0.194 e. The van der Waals surface area contributed by atoms with Gasteiger partial charge in [0.05, 0.1) is 25.6 Å². The Morgan fingerprint density at radius 3 is 2.48 bits per heavy atom. The molecule has 0 fully saturated rings. The predicted molar refractivity (Wildman–Crippen MR) is 110 cm³/mol. The maximum absolute atomic E-state index is 5.58. The standard InChI is InChI=1S/C22H22N2O2S/c1-22(2,15-8-6-5-7-9-15)20-13-24-18(14-27-21(24)23-20)17-12-16(25-3)10-11-19(17)26-4/h5-14H,1-4H3. The monoisotopic (exact) mass is 378 g/mol. The second kappa shape index (κ2) is 6.74. The molecule has 0 saturated heterocycles. The normalized spacial score (nSPS) is 11.7. The zero-order valence-electron chi connectivity index (χ0n) is 15.9. The molecule has 4 nitrogen and oxygen atoms in total. The first-order valence-corrected chi connectivity index (χ1v) is 9.67. The van der Waals surface area contributed by atoms with E-state index in [4.69, 9.17) is 14.5 Å². The van der Waals surface area contributed by atoms with Gasteiger partial charge in [-0.1, -0.05) is 44.2 Å². The molecule has 0 saturated carbocycles. The molecule has 2 aromatic heterocycles. The number of hydrogen-bond acceptors (Lipinski definition) is 4. The smallest absolute Gasteiger partial charge is 0.194 e. The molecule has 0 N–H and O–H groups in total. The van der Waals surface area contributed by atoms with E-state index in [-0.39, 0.29) is 5.41 Å². The zero-order valence-corrected chi connectivity index (χ0v) is 16.7. The van der Waals surface area contributed by atoms with E-state index < -0.39 is 0 Å². The van der Waals surface area contributed by atoms with Crippen molar-refractivity contribution in [1.82, 2.24) is 9.38 Å². The van der Waals surface area contributed by atoms with Gasteiger partial charge >= 0.3 is 0 Å². The van der Waals surface area contributed by atoms with Crippen LogP contribution in [0.5, 0.6) is 11.5 Å². The fourth-order valence-electron chi connectivity index (χ4n) is 3.30. The van der Waals surface area contributed by atoms with Gasteiger partial charge in [-0.2, -0.15) is 0 Å². The fraction of sp³-hybridized carbons (Fsp3) is 0.227. The van der Waals surface area contributed by atoms with Crippen molar-refractivity contribution >= 4 is 16.3 Å². The SMILES string of the molecule is COc1ccc(OC)c(-c2csc3nc(C(C)(C)c4ccccc4)cn23)c1. The first kappa shape index (κ1) is 17.6. The first-order chi connectivity index (χ1) is 13.0. The highest BCUT2D eigenvalue weighted by atomic mass is 32.1. The molecule has 0 aliphatic heterocycles. The molecule has 0 atom stereocenters. The summed E-state index contributed by atoms with van der Waals surface area (Å²) in [7, 11) is 3.36. The Morgan fingerprint density at radius 1 is 1.00 bits per heavy atom. The number of hydrogen-bond donors (Lipinski definition) is 0. The zero-order chi connectivity index (χ0) is 19.0. The van der Waals surface area contributed by atoms with Gasteiger partial charge in [0, 0.05) is 22.6 Å². The van der Waals surface area contributed by atoms with Gasteiger partial charge in [0.2, 0.25) is 0 Å². The molecular formula is C22H22N2O2S. The lowest BCUT2D eigenvalue weighted by molar-refractivity contribution is 0.404. The third-order valence-corrected chi connectivity index (χ3v) is 5.87. The number of imidazole rings is 1. The minimum atomic E-state index is -0.178. The lowest BCUT2D eigenvalue weighted by Crippen LogP contribution is -2.19. The molecule has 0 radical (unpaired) electrons. The minimum Gasteiger partial charge on any atom is -0.497 e. The van der Waals surface area contributed by atoms with Crippen molar-refractivity contribution in [1.29, 1.82) is 0 Å². The average molecular weight is 378 g/mol. The number of thiazole rings is 1. The third kappa shape index (κ3) is 2.98. The van der Waals surface area contributed by atoms with Crippen LogP contribution in [0.3, 0.4) is 0 Å². The number of aromatic nitrogens is 2. The quantitative estimate of drug-likeness (QED) is 0.466. The molecule has 4 aromatic rings. The van der Waals surface area contributed by atoms with Gasteiger partial charge in [-0.05, 0) is 23.8 Å². The molecule has 0 aliphatic rings. The molecule has 27 heavy (non-hydrogen) atoms. The summed E-state index contributed by atoms with van der Waals surface area (Å²) < 4.78 is 13.1. The number of nitrogens with zero attached hydrogens (tertiary/aromatic N) is 2. The Bertz CT molecular complexity index is 1080. The van der Waals surface area contributed by atoms with E-state index in [0.29, 0.717) is 0 Å². The summed E-state index contributed by atoms with van der Waals surface area (Å²) in [6, 6.07) is 16.3. The molecule has 0 spiro atoms. The Balaban J connectivity index is 1.85. The Kier molecular flexibility index (Phi) is 4.40. The van der Waals surface area contributed by atoms with Crippen LogP contribution in [0.25, 0.3) is 16.2 Å². The van der Waals surface area contributed by atoms with Gasteiger partial charge < -0.3 is 9.47 Å². The van der Waals surface area contributed by atoms with Crippen LogP contribution in [-0.2, 0) is 5.41 Å². The number of methoxy groups -OCH3 is 2.